The van der Waals surface area contributed by atoms with Gasteiger partial charge < -0.3 is 15.2 Å². The first-order valence-electron chi connectivity index (χ1n) is 4.41. The number of nitrogens with zero attached hydrogens (tertiary/aromatic N) is 3. The number of aromatic nitrogens is 2. The Kier molecular flexibility index (Phi) is 3.25. The molecule has 0 radical (unpaired) electrons. The van der Waals surface area contributed by atoms with E-state index in [1.165, 1.54) is 0 Å². The molecule has 0 spiro atoms. The molecule has 0 aliphatic heterocycles. The van der Waals surface area contributed by atoms with Gasteiger partial charge in [0.05, 0.1) is 6.04 Å². The van der Waals surface area contributed by atoms with Gasteiger partial charge in [0.15, 0.2) is 0 Å². The van der Waals surface area contributed by atoms with Gasteiger partial charge in [0.25, 0.3) is 5.95 Å². The highest BCUT2D eigenvalue weighted by molar-refractivity contribution is 5.23. The van der Waals surface area contributed by atoms with E-state index in [-0.39, 0.29) is 6.04 Å². The molecule has 13 heavy (non-hydrogen) atoms. The van der Waals surface area contributed by atoms with Gasteiger partial charge in [0, 0.05) is 14.1 Å². The van der Waals surface area contributed by atoms with Gasteiger partial charge in [-0.25, -0.2) is 0 Å². The molecule has 1 atom stereocenters. The van der Waals surface area contributed by atoms with Crippen molar-refractivity contribution in [1.82, 2.24) is 10.1 Å². The van der Waals surface area contributed by atoms with Crippen molar-refractivity contribution in [2.75, 3.05) is 19.0 Å². The molecule has 1 heterocycles. The van der Waals surface area contributed by atoms with E-state index in [0.717, 1.165) is 12.8 Å². The van der Waals surface area contributed by atoms with Crippen LogP contribution in [-0.4, -0.2) is 24.2 Å². The van der Waals surface area contributed by atoms with Crippen LogP contribution in [0.25, 0.3) is 0 Å². The van der Waals surface area contributed by atoms with E-state index in [2.05, 4.69) is 17.1 Å². The lowest BCUT2D eigenvalue weighted by Gasteiger charge is -2.04. The molecule has 0 aliphatic carbocycles. The predicted molar refractivity (Wildman–Crippen MR) is 50.5 cm³/mol. The topological polar surface area (TPSA) is 68.2 Å². The number of hydrogen-bond donors (Lipinski definition) is 1. The molecule has 0 aromatic carbocycles. The second-order valence-electron chi connectivity index (χ2n) is 3.22. The standard InChI is InChI=1S/C8H16N4O/c1-4-5-6(9)7-10-8(11-13-7)12(2)3/h6H,4-5,9H2,1-3H3/t6-/m1/s1. The molecule has 1 rings (SSSR count). The van der Waals surface area contributed by atoms with Gasteiger partial charge >= 0.3 is 0 Å². The average Bonchev–Trinajstić information content (AvgIpc) is 2.52. The Labute approximate surface area is 77.9 Å². The number of nitrogens with two attached hydrogens (primary N) is 1. The third kappa shape index (κ3) is 2.42. The molecule has 0 saturated carbocycles. The van der Waals surface area contributed by atoms with Crippen molar-refractivity contribution in [2.45, 2.75) is 25.8 Å². The molecule has 0 fully saturated rings. The highest BCUT2D eigenvalue weighted by Crippen LogP contribution is 2.15. The minimum atomic E-state index is -0.133. The van der Waals surface area contributed by atoms with Crippen molar-refractivity contribution in [2.24, 2.45) is 5.73 Å². The average molecular weight is 184 g/mol. The van der Waals surface area contributed by atoms with Crippen LogP contribution in [0.5, 0.6) is 0 Å². The molecule has 5 heteroatoms. The molecular formula is C8H16N4O. The minimum Gasteiger partial charge on any atom is -0.344 e. The van der Waals surface area contributed by atoms with Crippen LogP contribution in [0, 0.1) is 0 Å². The minimum absolute atomic E-state index is 0.133. The van der Waals surface area contributed by atoms with Crippen LogP contribution in [0.2, 0.25) is 0 Å². The second kappa shape index (κ2) is 4.23. The highest BCUT2D eigenvalue weighted by atomic mass is 16.5. The maximum Gasteiger partial charge on any atom is 0.265 e. The Balaban J connectivity index is 2.67. The fourth-order valence-corrected chi connectivity index (χ4v) is 0.994. The van der Waals surface area contributed by atoms with Gasteiger partial charge in [0.1, 0.15) is 0 Å². The Morgan fingerprint density at radius 1 is 1.54 bits per heavy atom. The maximum absolute atomic E-state index is 5.80. The summed E-state index contributed by atoms with van der Waals surface area (Å²) in [5, 5.41) is 3.78. The van der Waals surface area contributed by atoms with Crippen LogP contribution in [-0.2, 0) is 0 Å². The van der Waals surface area contributed by atoms with Gasteiger partial charge in [-0.1, -0.05) is 13.3 Å². The Morgan fingerprint density at radius 3 is 2.69 bits per heavy atom. The first-order chi connectivity index (χ1) is 6.15. The Morgan fingerprint density at radius 2 is 2.23 bits per heavy atom. The van der Waals surface area contributed by atoms with Crippen LogP contribution in [0.3, 0.4) is 0 Å². The molecule has 0 bridgehead atoms. The zero-order chi connectivity index (χ0) is 9.84. The van der Waals surface area contributed by atoms with Gasteiger partial charge in [-0.05, 0) is 11.6 Å². The van der Waals surface area contributed by atoms with E-state index >= 15 is 0 Å². The van der Waals surface area contributed by atoms with E-state index in [1.54, 1.807) is 4.90 Å². The summed E-state index contributed by atoms with van der Waals surface area (Å²) < 4.78 is 5.01. The summed E-state index contributed by atoms with van der Waals surface area (Å²) in [5.41, 5.74) is 5.80. The van der Waals surface area contributed by atoms with Crippen LogP contribution in [0.1, 0.15) is 31.7 Å². The SMILES string of the molecule is CCC[C@@H](N)c1nc(N(C)C)no1. The van der Waals surface area contributed by atoms with Crippen LogP contribution in [0.4, 0.5) is 5.95 Å². The van der Waals surface area contributed by atoms with E-state index in [9.17, 15) is 0 Å². The molecule has 0 aliphatic rings. The molecule has 1 aromatic heterocycles. The fraction of sp³-hybridized carbons (Fsp3) is 0.750. The number of rotatable bonds is 4. The van der Waals surface area contributed by atoms with Crippen molar-refractivity contribution in [3.05, 3.63) is 5.89 Å². The Bertz CT molecular complexity index is 258. The van der Waals surface area contributed by atoms with E-state index < -0.39 is 0 Å². The van der Waals surface area contributed by atoms with Crippen molar-refractivity contribution in [3.63, 3.8) is 0 Å². The zero-order valence-corrected chi connectivity index (χ0v) is 8.32. The van der Waals surface area contributed by atoms with Gasteiger partial charge in [-0.2, -0.15) is 4.98 Å². The highest BCUT2D eigenvalue weighted by Gasteiger charge is 2.14. The molecule has 2 N–H and O–H groups in total. The fourth-order valence-electron chi connectivity index (χ4n) is 0.994. The predicted octanol–water partition coefficient (Wildman–Crippen LogP) is 0.935. The third-order valence-corrected chi connectivity index (χ3v) is 1.75. The van der Waals surface area contributed by atoms with Gasteiger partial charge in [0.2, 0.25) is 5.89 Å². The summed E-state index contributed by atoms with van der Waals surface area (Å²) >= 11 is 0. The smallest absolute Gasteiger partial charge is 0.265 e. The van der Waals surface area contributed by atoms with Crippen molar-refractivity contribution < 1.29 is 4.52 Å². The number of hydrogen-bond acceptors (Lipinski definition) is 5. The first kappa shape index (κ1) is 9.98. The van der Waals surface area contributed by atoms with Crippen LogP contribution >= 0.6 is 0 Å². The lowest BCUT2D eigenvalue weighted by atomic mass is 10.2. The summed E-state index contributed by atoms with van der Waals surface area (Å²) in [4.78, 5) is 5.93. The number of anilines is 1. The molecular weight excluding hydrogens is 168 g/mol. The summed E-state index contributed by atoms with van der Waals surface area (Å²) in [6.07, 6.45) is 1.88. The Hall–Kier alpha value is -1.10. The summed E-state index contributed by atoms with van der Waals surface area (Å²) in [6.45, 7) is 2.07. The van der Waals surface area contributed by atoms with E-state index in [4.69, 9.17) is 10.3 Å². The van der Waals surface area contributed by atoms with Gasteiger partial charge in [-0.3, -0.25) is 0 Å². The monoisotopic (exact) mass is 184 g/mol. The van der Waals surface area contributed by atoms with E-state index in [0.29, 0.717) is 11.8 Å². The summed E-state index contributed by atoms with van der Waals surface area (Å²) in [7, 11) is 3.72. The molecule has 0 amide bonds. The quantitative estimate of drug-likeness (QED) is 0.754. The molecule has 0 saturated heterocycles. The maximum atomic E-state index is 5.80. The molecule has 74 valence electrons. The lowest BCUT2D eigenvalue weighted by molar-refractivity contribution is 0.348. The van der Waals surface area contributed by atoms with Crippen molar-refractivity contribution >= 4 is 5.95 Å². The third-order valence-electron chi connectivity index (χ3n) is 1.75. The van der Waals surface area contributed by atoms with Crippen molar-refractivity contribution in [1.29, 1.82) is 0 Å². The lowest BCUT2D eigenvalue weighted by Crippen LogP contribution is -2.12. The normalized spacial score (nSPS) is 12.9. The largest absolute Gasteiger partial charge is 0.344 e. The van der Waals surface area contributed by atoms with Gasteiger partial charge in [-0.15, -0.1) is 0 Å². The summed E-state index contributed by atoms with van der Waals surface area (Å²) in [6, 6.07) is -0.133. The van der Waals surface area contributed by atoms with Crippen LogP contribution < -0.4 is 10.6 Å². The van der Waals surface area contributed by atoms with E-state index in [1.807, 2.05) is 14.1 Å². The van der Waals surface area contributed by atoms with Crippen LogP contribution in [0.15, 0.2) is 4.52 Å². The zero-order valence-electron chi connectivity index (χ0n) is 8.32. The molecule has 5 nitrogen and oxygen atoms in total. The molecule has 1 aromatic rings. The second-order valence-corrected chi connectivity index (χ2v) is 3.22. The molecule has 0 unspecified atom stereocenters. The van der Waals surface area contributed by atoms with Crippen molar-refractivity contribution in [3.8, 4) is 0 Å². The summed E-state index contributed by atoms with van der Waals surface area (Å²) in [5.74, 6) is 1.09. The first-order valence-corrected chi connectivity index (χ1v) is 4.41.